The summed E-state index contributed by atoms with van der Waals surface area (Å²) in [5.74, 6) is 0.183. The second-order valence-electron chi connectivity index (χ2n) is 3.58. The van der Waals surface area contributed by atoms with Crippen LogP contribution in [0.1, 0.15) is 11.7 Å². The summed E-state index contributed by atoms with van der Waals surface area (Å²) in [6.07, 6.45) is -7.36. The maximum atomic E-state index is 12.7. The van der Waals surface area contributed by atoms with Crippen LogP contribution in [-0.2, 0) is 9.09 Å². The van der Waals surface area contributed by atoms with E-state index in [2.05, 4.69) is 4.52 Å². The minimum atomic E-state index is -4.83. The minimum absolute atomic E-state index is 0.183. The standard InChI is InChI=1S/C10H12F3O4P/c1-16-8-5-3-4-7(6-8)9(10(11,12)13)17-18(2,14)15/h3-6,9H,1-2H3,(H,14,15)/p-1/t9-/m1/s1. The van der Waals surface area contributed by atoms with Crippen molar-refractivity contribution in [3.05, 3.63) is 29.8 Å². The largest absolute Gasteiger partial charge is 0.779 e. The van der Waals surface area contributed by atoms with Crippen molar-refractivity contribution in [2.45, 2.75) is 12.3 Å². The SMILES string of the molecule is COc1cccc([C@@H](OP(C)(=O)[O-])C(F)(F)F)c1. The molecular weight excluding hydrogens is 272 g/mol. The number of hydrogen-bond donors (Lipinski definition) is 0. The van der Waals surface area contributed by atoms with Gasteiger partial charge < -0.3 is 18.7 Å². The smallest absolute Gasteiger partial charge is 0.419 e. The molecule has 0 saturated heterocycles. The first-order valence-electron chi connectivity index (χ1n) is 4.81. The van der Waals surface area contributed by atoms with Crippen molar-refractivity contribution < 1.29 is 31.9 Å². The van der Waals surface area contributed by atoms with Crippen LogP contribution in [-0.4, -0.2) is 20.0 Å². The molecule has 0 bridgehead atoms. The van der Waals surface area contributed by atoms with Gasteiger partial charge in [-0.2, -0.15) is 13.2 Å². The predicted molar refractivity (Wildman–Crippen MR) is 56.4 cm³/mol. The molecule has 0 radical (unpaired) electrons. The average molecular weight is 283 g/mol. The number of methoxy groups -OCH3 is 1. The topological polar surface area (TPSA) is 58.6 Å². The molecule has 0 amide bonds. The third-order valence-corrected chi connectivity index (χ3v) is 2.58. The molecule has 1 rings (SSSR count). The van der Waals surface area contributed by atoms with Gasteiger partial charge in [0.15, 0.2) is 6.10 Å². The highest BCUT2D eigenvalue weighted by Crippen LogP contribution is 2.46. The normalized spacial score (nSPS) is 17.0. The second kappa shape index (κ2) is 5.30. The number of alkyl halides is 3. The molecule has 18 heavy (non-hydrogen) atoms. The van der Waals surface area contributed by atoms with Crippen LogP contribution in [0.25, 0.3) is 0 Å². The van der Waals surface area contributed by atoms with Crippen molar-refractivity contribution in [1.29, 1.82) is 0 Å². The maximum absolute atomic E-state index is 12.7. The van der Waals surface area contributed by atoms with E-state index in [9.17, 15) is 22.6 Å². The lowest BCUT2D eigenvalue weighted by Gasteiger charge is -2.27. The lowest BCUT2D eigenvalue weighted by molar-refractivity contribution is -0.239. The first-order valence-corrected chi connectivity index (χ1v) is 6.80. The summed E-state index contributed by atoms with van der Waals surface area (Å²) in [4.78, 5) is 10.9. The number of rotatable bonds is 4. The third kappa shape index (κ3) is 4.33. The third-order valence-electron chi connectivity index (χ3n) is 1.99. The van der Waals surface area contributed by atoms with E-state index in [0.29, 0.717) is 6.66 Å². The van der Waals surface area contributed by atoms with Gasteiger partial charge in [-0.25, -0.2) is 0 Å². The Hall–Kier alpha value is -1.04. The van der Waals surface area contributed by atoms with Crippen LogP contribution in [0.5, 0.6) is 5.75 Å². The van der Waals surface area contributed by atoms with Gasteiger partial charge in [-0.05, 0) is 17.7 Å². The molecule has 2 atom stereocenters. The fourth-order valence-corrected chi connectivity index (χ4v) is 1.93. The van der Waals surface area contributed by atoms with E-state index < -0.39 is 19.9 Å². The molecule has 0 fully saturated rings. The lowest BCUT2D eigenvalue weighted by atomic mass is 10.1. The summed E-state index contributed by atoms with van der Waals surface area (Å²) in [7, 11) is -3.23. The monoisotopic (exact) mass is 283 g/mol. The summed E-state index contributed by atoms with van der Waals surface area (Å²) >= 11 is 0. The predicted octanol–water partition coefficient (Wildman–Crippen LogP) is 2.50. The molecule has 0 N–H and O–H groups in total. The summed E-state index contributed by atoms with van der Waals surface area (Å²) in [5.41, 5.74) is -0.334. The van der Waals surface area contributed by atoms with E-state index >= 15 is 0 Å². The van der Waals surface area contributed by atoms with Crippen LogP contribution in [0.15, 0.2) is 24.3 Å². The number of halogens is 3. The Morgan fingerprint density at radius 2 is 2.00 bits per heavy atom. The van der Waals surface area contributed by atoms with Gasteiger partial charge in [0.1, 0.15) is 13.3 Å². The fourth-order valence-electron chi connectivity index (χ4n) is 1.31. The van der Waals surface area contributed by atoms with Crippen LogP contribution in [0, 0.1) is 0 Å². The van der Waals surface area contributed by atoms with Gasteiger partial charge in [-0.1, -0.05) is 12.1 Å². The Balaban J connectivity index is 3.13. The maximum Gasteiger partial charge on any atom is 0.419 e. The van der Waals surface area contributed by atoms with Gasteiger partial charge >= 0.3 is 6.18 Å². The lowest BCUT2D eigenvalue weighted by Crippen LogP contribution is -2.24. The molecule has 0 aliphatic heterocycles. The molecule has 0 aliphatic carbocycles. The average Bonchev–Trinajstić information content (AvgIpc) is 2.23. The molecule has 1 unspecified atom stereocenters. The number of ether oxygens (including phenoxy) is 1. The molecule has 0 aromatic heterocycles. The molecule has 4 nitrogen and oxygen atoms in total. The zero-order chi connectivity index (χ0) is 14.0. The van der Waals surface area contributed by atoms with Gasteiger partial charge in [-0.3, -0.25) is 0 Å². The van der Waals surface area contributed by atoms with Crippen molar-refractivity contribution in [2.24, 2.45) is 0 Å². The molecule has 0 heterocycles. The highest BCUT2D eigenvalue weighted by atomic mass is 31.2. The van der Waals surface area contributed by atoms with E-state index in [4.69, 9.17) is 4.74 Å². The first kappa shape index (κ1) is 15.0. The van der Waals surface area contributed by atoms with Gasteiger partial charge in [0.05, 0.1) is 7.11 Å². The van der Waals surface area contributed by atoms with Gasteiger partial charge in [0, 0.05) is 6.66 Å². The van der Waals surface area contributed by atoms with Crippen molar-refractivity contribution in [3.8, 4) is 5.75 Å². The van der Waals surface area contributed by atoms with E-state index in [1.807, 2.05) is 0 Å². The van der Waals surface area contributed by atoms with Crippen molar-refractivity contribution in [2.75, 3.05) is 13.8 Å². The van der Waals surface area contributed by atoms with Gasteiger partial charge in [-0.15, -0.1) is 0 Å². The Morgan fingerprint density at radius 1 is 1.39 bits per heavy atom. The summed E-state index contributed by atoms with van der Waals surface area (Å²) in [6, 6.07) is 4.96. The van der Waals surface area contributed by atoms with Crippen molar-refractivity contribution in [1.82, 2.24) is 0 Å². The molecule has 0 saturated carbocycles. The van der Waals surface area contributed by atoms with Crippen molar-refractivity contribution >= 4 is 7.60 Å². The molecular formula is C10H11F3O4P-. The van der Waals surface area contributed by atoms with Crippen LogP contribution >= 0.6 is 7.60 Å². The highest BCUT2D eigenvalue weighted by Gasteiger charge is 2.43. The van der Waals surface area contributed by atoms with E-state index in [1.165, 1.54) is 19.2 Å². The zero-order valence-electron chi connectivity index (χ0n) is 9.60. The quantitative estimate of drug-likeness (QED) is 0.797. The Kier molecular flexibility index (Phi) is 4.42. The number of benzene rings is 1. The van der Waals surface area contributed by atoms with E-state index in [1.54, 1.807) is 0 Å². The van der Waals surface area contributed by atoms with Gasteiger partial charge in [0.25, 0.3) is 0 Å². The summed E-state index contributed by atoms with van der Waals surface area (Å²) < 4.78 is 58.0. The van der Waals surface area contributed by atoms with Crippen LogP contribution in [0.3, 0.4) is 0 Å². The van der Waals surface area contributed by atoms with E-state index in [0.717, 1.165) is 12.1 Å². The number of hydrogen-bond acceptors (Lipinski definition) is 4. The minimum Gasteiger partial charge on any atom is -0.779 e. The second-order valence-corrected chi connectivity index (χ2v) is 5.33. The van der Waals surface area contributed by atoms with Crippen molar-refractivity contribution in [3.63, 3.8) is 0 Å². The molecule has 1 aromatic carbocycles. The zero-order valence-corrected chi connectivity index (χ0v) is 10.5. The molecule has 0 spiro atoms. The van der Waals surface area contributed by atoms with E-state index in [-0.39, 0.29) is 11.3 Å². The van der Waals surface area contributed by atoms with Crippen LogP contribution in [0.2, 0.25) is 0 Å². The van der Waals surface area contributed by atoms with Gasteiger partial charge in [0.2, 0.25) is 0 Å². The molecule has 102 valence electrons. The Morgan fingerprint density at radius 3 is 2.44 bits per heavy atom. The summed E-state index contributed by atoms with van der Waals surface area (Å²) in [6.45, 7) is 0.589. The Bertz CT molecular complexity index is 455. The van der Waals surface area contributed by atoms with Crippen LogP contribution in [0.4, 0.5) is 13.2 Å². The molecule has 1 aromatic rings. The summed E-state index contributed by atoms with van der Waals surface area (Å²) in [5, 5.41) is 0. The molecule has 8 heteroatoms. The Labute approximate surface area is 102 Å². The fraction of sp³-hybridized carbons (Fsp3) is 0.400. The first-order chi connectivity index (χ1) is 8.13. The molecule has 0 aliphatic rings. The highest BCUT2D eigenvalue weighted by molar-refractivity contribution is 7.50. The van der Waals surface area contributed by atoms with Crippen LogP contribution < -0.4 is 9.63 Å².